The lowest BCUT2D eigenvalue weighted by Gasteiger charge is -2.02. The quantitative estimate of drug-likeness (QED) is 0.566. The summed E-state index contributed by atoms with van der Waals surface area (Å²) in [4.78, 5) is 0. The number of hydrogen-bond donors (Lipinski definition) is 1. The zero-order valence-corrected chi connectivity index (χ0v) is 5.48. The summed E-state index contributed by atoms with van der Waals surface area (Å²) in [7, 11) is 0. The predicted octanol–water partition coefficient (Wildman–Crippen LogP) is 1.21. The van der Waals surface area contributed by atoms with Gasteiger partial charge in [0.05, 0.1) is 0 Å². The van der Waals surface area contributed by atoms with Crippen LogP contribution < -0.4 is 5.32 Å². The van der Waals surface area contributed by atoms with Gasteiger partial charge < -0.3 is 5.32 Å². The molecule has 0 saturated carbocycles. The fourth-order valence-corrected chi connectivity index (χ4v) is 1.21. The topological polar surface area (TPSA) is 12.0 Å². The molecule has 1 unspecified atom stereocenters. The van der Waals surface area contributed by atoms with Crippen LogP contribution in [0.15, 0.2) is 0 Å². The van der Waals surface area contributed by atoms with Gasteiger partial charge in [-0.1, -0.05) is 13.3 Å². The van der Waals surface area contributed by atoms with E-state index < -0.39 is 0 Å². The largest absolute Gasteiger partial charge is 0.316 e. The molecule has 1 aliphatic rings. The molecule has 0 amide bonds. The molecule has 0 aromatic rings. The SMILES string of the molecule is CC[CH]C1CCNC1. The van der Waals surface area contributed by atoms with Crippen LogP contribution >= 0.6 is 0 Å². The van der Waals surface area contributed by atoms with E-state index in [2.05, 4.69) is 18.7 Å². The second-order valence-corrected chi connectivity index (χ2v) is 2.40. The molecule has 1 aliphatic heterocycles. The van der Waals surface area contributed by atoms with Gasteiger partial charge in [-0.05, 0) is 31.8 Å². The summed E-state index contributed by atoms with van der Waals surface area (Å²) in [6, 6.07) is 0. The Morgan fingerprint density at radius 2 is 2.62 bits per heavy atom. The van der Waals surface area contributed by atoms with Gasteiger partial charge >= 0.3 is 0 Å². The second-order valence-electron chi connectivity index (χ2n) is 2.40. The Morgan fingerprint density at radius 1 is 1.75 bits per heavy atom. The highest BCUT2D eigenvalue weighted by atomic mass is 14.9. The van der Waals surface area contributed by atoms with Crippen LogP contribution in [0.5, 0.6) is 0 Å². The van der Waals surface area contributed by atoms with E-state index in [-0.39, 0.29) is 0 Å². The minimum Gasteiger partial charge on any atom is -0.316 e. The van der Waals surface area contributed by atoms with Crippen LogP contribution in [0.2, 0.25) is 0 Å². The van der Waals surface area contributed by atoms with E-state index >= 15 is 0 Å². The number of hydrogen-bond acceptors (Lipinski definition) is 1. The maximum absolute atomic E-state index is 3.33. The maximum Gasteiger partial charge on any atom is -0.00173 e. The Labute approximate surface area is 51.5 Å². The molecule has 0 aliphatic carbocycles. The Hall–Kier alpha value is -0.0400. The smallest absolute Gasteiger partial charge is 0.00173 e. The van der Waals surface area contributed by atoms with E-state index in [1.165, 1.54) is 25.9 Å². The van der Waals surface area contributed by atoms with Crippen molar-refractivity contribution in [2.45, 2.75) is 19.8 Å². The molecule has 1 fully saturated rings. The van der Waals surface area contributed by atoms with Crippen molar-refractivity contribution in [3.63, 3.8) is 0 Å². The van der Waals surface area contributed by atoms with Crippen molar-refractivity contribution < 1.29 is 0 Å². The van der Waals surface area contributed by atoms with Gasteiger partial charge in [0.15, 0.2) is 0 Å². The molecule has 1 nitrogen and oxygen atoms in total. The zero-order valence-electron chi connectivity index (χ0n) is 5.48. The third-order valence-electron chi connectivity index (χ3n) is 1.67. The van der Waals surface area contributed by atoms with Crippen LogP contribution in [0.4, 0.5) is 0 Å². The highest BCUT2D eigenvalue weighted by Gasteiger charge is 2.11. The Morgan fingerprint density at radius 3 is 3.12 bits per heavy atom. The molecule has 0 aromatic heterocycles. The van der Waals surface area contributed by atoms with Crippen molar-refractivity contribution in [3.05, 3.63) is 6.42 Å². The second kappa shape index (κ2) is 3.08. The number of nitrogens with one attached hydrogen (secondary N) is 1. The third-order valence-corrected chi connectivity index (χ3v) is 1.67. The van der Waals surface area contributed by atoms with Crippen molar-refractivity contribution in [3.8, 4) is 0 Å². The van der Waals surface area contributed by atoms with Gasteiger partial charge in [0, 0.05) is 0 Å². The minimum absolute atomic E-state index is 0.875. The fourth-order valence-electron chi connectivity index (χ4n) is 1.21. The molecule has 8 heavy (non-hydrogen) atoms. The summed E-state index contributed by atoms with van der Waals surface area (Å²) in [5, 5.41) is 3.33. The van der Waals surface area contributed by atoms with Gasteiger partial charge in [0.2, 0.25) is 0 Å². The summed E-state index contributed by atoms with van der Waals surface area (Å²) in [5.74, 6) is 0.875. The predicted molar refractivity (Wildman–Crippen MR) is 35.6 cm³/mol. The van der Waals surface area contributed by atoms with Crippen molar-refractivity contribution in [1.29, 1.82) is 0 Å². The first-order valence-electron chi connectivity index (χ1n) is 3.47. The first kappa shape index (κ1) is 6.09. The first-order chi connectivity index (χ1) is 3.93. The van der Waals surface area contributed by atoms with Gasteiger partial charge in [-0.25, -0.2) is 0 Å². The molecule has 1 heterocycles. The summed E-state index contributed by atoms with van der Waals surface area (Å²) in [5.41, 5.74) is 0. The lowest BCUT2D eigenvalue weighted by atomic mass is 10.0. The Balaban J connectivity index is 2.06. The van der Waals surface area contributed by atoms with Crippen molar-refractivity contribution in [2.24, 2.45) is 5.92 Å². The lowest BCUT2D eigenvalue weighted by molar-refractivity contribution is 0.648. The molecule has 1 atom stereocenters. The molecular weight excluding hydrogens is 98.1 g/mol. The van der Waals surface area contributed by atoms with Gasteiger partial charge in [-0.15, -0.1) is 0 Å². The average molecular weight is 112 g/mol. The van der Waals surface area contributed by atoms with Gasteiger partial charge in [0.1, 0.15) is 0 Å². The first-order valence-corrected chi connectivity index (χ1v) is 3.47. The Kier molecular flexibility index (Phi) is 2.34. The molecule has 0 aromatic carbocycles. The summed E-state index contributed by atoms with van der Waals surface area (Å²) in [6.45, 7) is 4.65. The van der Waals surface area contributed by atoms with Crippen LogP contribution in [0.1, 0.15) is 19.8 Å². The molecule has 1 heteroatoms. The molecule has 1 N–H and O–H groups in total. The molecule has 1 rings (SSSR count). The van der Waals surface area contributed by atoms with Gasteiger partial charge in [-0.3, -0.25) is 0 Å². The normalized spacial score (nSPS) is 28.9. The molecule has 0 bridgehead atoms. The van der Waals surface area contributed by atoms with Crippen LogP contribution in [0.3, 0.4) is 0 Å². The van der Waals surface area contributed by atoms with E-state index in [1.807, 2.05) is 0 Å². The van der Waals surface area contributed by atoms with Crippen LogP contribution in [0, 0.1) is 12.3 Å². The third kappa shape index (κ3) is 1.48. The van der Waals surface area contributed by atoms with Crippen molar-refractivity contribution in [2.75, 3.05) is 13.1 Å². The molecule has 1 saturated heterocycles. The lowest BCUT2D eigenvalue weighted by Crippen LogP contribution is -2.08. The van der Waals surface area contributed by atoms with E-state index in [0.717, 1.165) is 5.92 Å². The molecular formula is C7H14N. The molecule has 0 spiro atoms. The van der Waals surface area contributed by atoms with Gasteiger partial charge in [0.25, 0.3) is 0 Å². The zero-order chi connectivity index (χ0) is 5.82. The van der Waals surface area contributed by atoms with E-state index in [4.69, 9.17) is 0 Å². The highest BCUT2D eigenvalue weighted by Crippen LogP contribution is 2.11. The van der Waals surface area contributed by atoms with E-state index in [9.17, 15) is 0 Å². The minimum atomic E-state index is 0.875. The molecule has 47 valence electrons. The summed E-state index contributed by atoms with van der Waals surface area (Å²) >= 11 is 0. The highest BCUT2D eigenvalue weighted by molar-refractivity contribution is 4.81. The van der Waals surface area contributed by atoms with Crippen LogP contribution in [-0.4, -0.2) is 13.1 Å². The summed E-state index contributed by atoms with van der Waals surface area (Å²) in [6.07, 6.45) is 4.99. The standard InChI is InChI=1S/C7H14N/c1-2-3-7-4-5-8-6-7/h3,7-8H,2,4-6H2,1H3. The van der Waals surface area contributed by atoms with Crippen LogP contribution in [0.25, 0.3) is 0 Å². The average Bonchev–Trinajstić information content (AvgIpc) is 2.19. The van der Waals surface area contributed by atoms with Crippen molar-refractivity contribution in [1.82, 2.24) is 5.32 Å². The fraction of sp³-hybridized carbons (Fsp3) is 0.857. The monoisotopic (exact) mass is 112 g/mol. The van der Waals surface area contributed by atoms with Gasteiger partial charge in [-0.2, -0.15) is 0 Å². The van der Waals surface area contributed by atoms with E-state index in [0.29, 0.717) is 0 Å². The van der Waals surface area contributed by atoms with Crippen molar-refractivity contribution >= 4 is 0 Å². The molecule has 1 radical (unpaired) electrons. The maximum atomic E-state index is 3.33. The summed E-state index contributed by atoms with van der Waals surface area (Å²) < 4.78 is 0. The Bertz CT molecular complexity index is 55.4. The van der Waals surface area contributed by atoms with E-state index in [1.54, 1.807) is 0 Å². The van der Waals surface area contributed by atoms with Crippen LogP contribution in [-0.2, 0) is 0 Å². The number of rotatable bonds is 2.